The summed E-state index contributed by atoms with van der Waals surface area (Å²) >= 11 is 17.1. The summed E-state index contributed by atoms with van der Waals surface area (Å²) < 4.78 is 4.86. The zero-order valence-corrected chi connectivity index (χ0v) is 9.03. The molecule has 1 aromatic rings. The number of hydrogen-bond donors (Lipinski definition) is 1. The first-order chi connectivity index (χ1) is 6.52. The Morgan fingerprint density at radius 2 is 1.87 bits per heavy atom. The molecule has 80 valence electrons. The zero-order chi connectivity index (χ0) is 10.7. The van der Waals surface area contributed by atoms with Gasteiger partial charge in [0.1, 0.15) is 10.8 Å². The van der Waals surface area contributed by atoms with Gasteiger partial charge in [-0.2, -0.15) is 0 Å². The Bertz CT molecular complexity index is 370. The van der Waals surface area contributed by atoms with Crippen LogP contribution in [0.3, 0.4) is 0 Å². The molecule has 0 bridgehead atoms. The molecule has 0 aliphatic carbocycles. The van der Waals surface area contributed by atoms with Crippen molar-refractivity contribution in [1.82, 2.24) is 0 Å². The van der Waals surface area contributed by atoms with Crippen LogP contribution < -0.4 is 4.74 Å². The van der Waals surface area contributed by atoms with E-state index in [4.69, 9.17) is 44.6 Å². The summed E-state index contributed by atoms with van der Waals surface area (Å²) in [5.41, 5.74) is 0. The van der Waals surface area contributed by atoms with E-state index in [9.17, 15) is 4.79 Å². The summed E-state index contributed by atoms with van der Waals surface area (Å²) in [5, 5.41) is 8.91. The lowest BCUT2D eigenvalue weighted by molar-refractivity contribution is -0.139. The molecule has 7 heteroatoms. The summed E-state index contributed by atoms with van der Waals surface area (Å²) in [6, 6.07) is 2.94. The Balaban J connectivity index is 0.00000196. The van der Waals surface area contributed by atoms with Gasteiger partial charge in [-0.05, 0) is 12.1 Å². The van der Waals surface area contributed by atoms with E-state index < -0.39 is 12.6 Å². The van der Waals surface area contributed by atoms with Gasteiger partial charge in [0, 0.05) is 0 Å². The van der Waals surface area contributed by atoms with Crippen molar-refractivity contribution in [3.8, 4) is 5.75 Å². The molecule has 0 aliphatic heterocycles. The number of carbonyl (C=O) groups is 1. The molecule has 0 atom stereocenters. The molecule has 1 aromatic carbocycles. The highest BCUT2D eigenvalue weighted by molar-refractivity contribution is 6.48. The Labute approximate surface area is 117 Å². The molecule has 0 aromatic heterocycles. The van der Waals surface area contributed by atoms with Crippen LogP contribution in [0.25, 0.3) is 0 Å². The van der Waals surface area contributed by atoms with Crippen LogP contribution in [0.2, 0.25) is 15.1 Å². The number of halogens is 3. The molecule has 3 nitrogen and oxygen atoms in total. The minimum atomic E-state index is -1.09. The summed E-state index contributed by atoms with van der Waals surface area (Å²) in [7, 11) is 0. The molecular weight excluding hydrogens is 275 g/mol. The highest BCUT2D eigenvalue weighted by atomic mass is 35.5. The number of carboxylic acid groups (broad SMARTS) is 1. The van der Waals surface area contributed by atoms with Crippen molar-refractivity contribution in [2.75, 3.05) is 6.61 Å². The van der Waals surface area contributed by atoms with Crippen molar-refractivity contribution in [2.45, 2.75) is 0 Å². The first-order valence-corrected chi connectivity index (χ1v) is 4.64. The lowest BCUT2D eigenvalue weighted by atomic mass is 10.3. The predicted octanol–water partition coefficient (Wildman–Crippen LogP) is 2.19. The molecule has 0 aliphatic rings. The Morgan fingerprint density at radius 1 is 1.27 bits per heavy atom. The molecule has 1 rings (SSSR count). The van der Waals surface area contributed by atoms with Crippen LogP contribution in [0.1, 0.15) is 0 Å². The Morgan fingerprint density at radius 3 is 2.40 bits per heavy atom. The van der Waals surface area contributed by atoms with Crippen molar-refractivity contribution in [2.24, 2.45) is 0 Å². The normalized spacial score (nSPS) is 9.27. The van der Waals surface area contributed by atoms with Gasteiger partial charge in [-0.1, -0.05) is 34.8 Å². The standard InChI is InChI=1S/C8H5Cl3O3.Mg.2H/c9-4-1-2-5(8(11)7(4)10)14-3-6(12)13;;;/h1-2H,3H2,(H,12,13);;;. The fourth-order valence-electron chi connectivity index (χ4n) is 0.759. The Hall–Kier alpha value is 0.126. The van der Waals surface area contributed by atoms with Crippen LogP contribution in [0.5, 0.6) is 5.75 Å². The number of aliphatic carboxylic acids is 1. The number of hydrogen-bond acceptors (Lipinski definition) is 2. The van der Waals surface area contributed by atoms with Gasteiger partial charge in [-0.25, -0.2) is 4.79 Å². The molecule has 1 N–H and O–H groups in total. The number of rotatable bonds is 3. The predicted molar refractivity (Wildman–Crippen MR) is 63.1 cm³/mol. The highest BCUT2D eigenvalue weighted by Gasteiger charge is 2.10. The molecule has 0 spiro atoms. The maximum Gasteiger partial charge on any atom is 0.341 e. The fraction of sp³-hybridized carbons (Fsp3) is 0.125. The van der Waals surface area contributed by atoms with E-state index in [-0.39, 0.29) is 38.8 Å². The van der Waals surface area contributed by atoms with Crippen LogP contribution in [0.15, 0.2) is 12.1 Å². The highest BCUT2D eigenvalue weighted by Crippen LogP contribution is 2.36. The lowest BCUT2D eigenvalue weighted by Gasteiger charge is -2.07. The van der Waals surface area contributed by atoms with Crippen molar-refractivity contribution >= 4 is 63.8 Å². The topological polar surface area (TPSA) is 46.5 Å². The summed E-state index contributed by atoms with van der Waals surface area (Å²) in [6.45, 7) is -0.475. The van der Waals surface area contributed by atoms with Crippen molar-refractivity contribution in [1.29, 1.82) is 0 Å². The summed E-state index contributed by atoms with van der Waals surface area (Å²) in [6.07, 6.45) is 0. The minimum Gasteiger partial charge on any atom is -0.480 e. The number of ether oxygens (including phenoxy) is 1. The first-order valence-electron chi connectivity index (χ1n) is 3.50. The number of benzene rings is 1. The maximum absolute atomic E-state index is 10.2. The van der Waals surface area contributed by atoms with Gasteiger partial charge in [0.25, 0.3) is 0 Å². The second kappa shape index (κ2) is 6.65. The van der Waals surface area contributed by atoms with E-state index in [2.05, 4.69) is 0 Å². The van der Waals surface area contributed by atoms with E-state index in [1.54, 1.807) is 0 Å². The largest absolute Gasteiger partial charge is 0.480 e. The molecule has 0 fully saturated rings. The molecule has 0 saturated heterocycles. The molecule has 0 radical (unpaired) electrons. The Kier molecular flexibility index (Phi) is 6.71. The number of carboxylic acids is 1. The van der Waals surface area contributed by atoms with Crippen LogP contribution in [0, 0.1) is 0 Å². The van der Waals surface area contributed by atoms with Gasteiger partial charge in [0.15, 0.2) is 6.61 Å². The average Bonchev–Trinajstić information content (AvgIpc) is 2.13. The van der Waals surface area contributed by atoms with E-state index in [0.717, 1.165) is 0 Å². The third-order valence-electron chi connectivity index (χ3n) is 1.35. The van der Waals surface area contributed by atoms with Crippen LogP contribution in [0.4, 0.5) is 0 Å². The van der Waals surface area contributed by atoms with Gasteiger partial charge in [0.05, 0.1) is 10.0 Å². The molecule has 0 unspecified atom stereocenters. The maximum atomic E-state index is 10.2. The van der Waals surface area contributed by atoms with Gasteiger partial charge in [-0.3, -0.25) is 0 Å². The van der Waals surface area contributed by atoms with E-state index >= 15 is 0 Å². The van der Waals surface area contributed by atoms with Crippen LogP contribution in [-0.2, 0) is 4.79 Å². The summed E-state index contributed by atoms with van der Waals surface area (Å²) in [4.78, 5) is 10.2. The smallest absolute Gasteiger partial charge is 0.341 e. The van der Waals surface area contributed by atoms with Gasteiger partial charge in [-0.15, -0.1) is 0 Å². The lowest BCUT2D eigenvalue weighted by Crippen LogP contribution is -2.09. The molecule has 0 heterocycles. The van der Waals surface area contributed by atoms with E-state index in [1.165, 1.54) is 12.1 Å². The van der Waals surface area contributed by atoms with Crippen molar-refractivity contribution < 1.29 is 14.6 Å². The molecule has 0 amide bonds. The third-order valence-corrected chi connectivity index (χ3v) is 2.63. The van der Waals surface area contributed by atoms with Gasteiger partial charge in [0.2, 0.25) is 0 Å². The quantitative estimate of drug-likeness (QED) is 0.682. The van der Waals surface area contributed by atoms with Crippen LogP contribution >= 0.6 is 34.8 Å². The van der Waals surface area contributed by atoms with E-state index in [1.807, 2.05) is 0 Å². The third kappa shape index (κ3) is 4.24. The molecule has 0 saturated carbocycles. The summed E-state index contributed by atoms with van der Waals surface area (Å²) in [5.74, 6) is -0.893. The van der Waals surface area contributed by atoms with Crippen LogP contribution in [-0.4, -0.2) is 40.7 Å². The van der Waals surface area contributed by atoms with E-state index in [0.29, 0.717) is 5.02 Å². The SMILES string of the molecule is O=C(O)COc1ccc(Cl)c(Cl)c1Cl.[MgH2]. The molecular formula is C8H7Cl3MgO3. The fourth-order valence-corrected chi connectivity index (χ4v) is 1.34. The van der Waals surface area contributed by atoms with Crippen molar-refractivity contribution in [3.63, 3.8) is 0 Å². The van der Waals surface area contributed by atoms with Crippen molar-refractivity contribution in [3.05, 3.63) is 27.2 Å². The average molecular weight is 282 g/mol. The minimum absolute atomic E-state index is 0. The monoisotopic (exact) mass is 280 g/mol. The zero-order valence-electron chi connectivity index (χ0n) is 6.76. The van der Waals surface area contributed by atoms with Gasteiger partial charge < -0.3 is 9.84 Å². The first kappa shape index (κ1) is 15.1. The molecule has 15 heavy (non-hydrogen) atoms. The second-order valence-electron chi connectivity index (χ2n) is 2.36. The second-order valence-corrected chi connectivity index (χ2v) is 3.52. The van der Waals surface area contributed by atoms with Gasteiger partial charge >= 0.3 is 29.0 Å².